The van der Waals surface area contributed by atoms with Gasteiger partial charge in [0.2, 0.25) is 5.91 Å². The fourth-order valence-electron chi connectivity index (χ4n) is 3.85. The van der Waals surface area contributed by atoms with Crippen molar-refractivity contribution in [3.8, 4) is 5.75 Å². The second-order valence-corrected chi connectivity index (χ2v) is 7.80. The van der Waals surface area contributed by atoms with E-state index in [9.17, 15) is 14.4 Å². The van der Waals surface area contributed by atoms with Crippen LogP contribution in [0.1, 0.15) is 37.8 Å². The van der Waals surface area contributed by atoms with Crippen LogP contribution in [0.15, 0.2) is 54.6 Å². The van der Waals surface area contributed by atoms with E-state index in [1.807, 2.05) is 44.2 Å². The number of carbonyl (C=O) groups is 3. The summed E-state index contributed by atoms with van der Waals surface area (Å²) in [5, 5.41) is 5.68. The molecule has 4 amide bonds. The zero-order valence-corrected chi connectivity index (χ0v) is 18.2. The molecule has 2 aromatic rings. The first-order valence-corrected chi connectivity index (χ1v) is 10.5. The molecule has 0 bridgehead atoms. The summed E-state index contributed by atoms with van der Waals surface area (Å²) < 4.78 is 5.17. The number of hydrogen-bond acceptors (Lipinski definition) is 4. The number of carbonyl (C=O) groups excluding carboxylic acids is 3. The summed E-state index contributed by atoms with van der Waals surface area (Å²) >= 11 is 0. The van der Waals surface area contributed by atoms with E-state index in [2.05, 4.69) is 10.6 Å². The van der Waals surface area contributed by atoms with Crippen LogP contribution in [-0.4, -0.2) is 42.4 Å². The van der Waals surface area contributed by atoms with Crippen LogP contribution < -0.4 is 15.4 Å². The molecule has 1 aliphatic rings. The highest BCUT2D eigenvalue weighted by Gasteiger charge is 2.51. The number of methoxy groups -OCH3 is 1. The average Bonchev–Trinajstić information content (AvgIpc) is 3.03. The molecule has 2 N–H and O–H groups in total. The van der Waals surface area contributed by atoms with Gasteiger partial charge in [0.25, 0.3) is 5.91 Å². The first-order valence-electron chi connectivity index (χ1n) is 10.5. The van der Waals surface area contributed by atoms with Gasteiger partial charge in [-0.25, -0.2) is 4.79 Å². The van der Waals surface area contributed by atoms with Gasteiger partial charge in [-0.15, -0.1) is 0 Å². The van der Waals surface area contributed by atoms with Crippen LogP contribution in [0.2, 0.25) is 0 Å². The van der Waals surface area contributed by atoms with Crippen molar-refractivity contribution in [3.05, 3.63) is 65.7 Å². The Kier molecular flexibility index (Phi) is 6.95. The van der Waals surface area contributed by atoms with E-state index in [4.69, 9.17) is 4.74 Å². The van der Waals surface area contributed by atoms with Crippen LogP contribution in [0.25, 0.3) is 0 Å². The van der Waals surface area contributed by atoms with Gasteiger partial charge in [-0.2, -0.15) is 0 Å². The summed E-state index contributed by atoms with van der Waals surface area (Å²) in [7, 11) is 1.56. The number of imide groups is 1. The summed E-state index contributed by atoms with van der Waals surface area (Å²) in [5.74, 6) is -0.115. The van der Waals surface area contributed by atoms with E-state index in [1.54, 1.807) is 31.4 Å². The molecule has 7 heteroatoms. The minimum atomic E-state index is -1.18. The first kappa shape index (κ1) is 22.3. The molecule has 164 valence electrons. The third kappa shape index (κ3) is 4.87. The van der Waals surface area contributed by atoms with E-state index in [0.717, 1.165) is 17.7 Å². The smallest absolute Gasteiger partial charge is 0.325 e. The van der Waals surface area contributed by atoms with Crippen molar-refractivity contribution in [2.45, 2.75) is 44.7 Å². The molecule has 0 spiro atoms. The maximum Gasteiger partial charge on any atom is 0.325 e. The van der Waals surface area contributed by atoms with Crippen LogP contribution in [-0.2, 0) is 21.5 Å². The summed E-state index contributed by atoms with van der Waals surface area (Å²) in [6.45, 7) is 3.44. The Bertz CT molecular complexity index is 930. The quantitative estimate of drug-likeness (QED) is 0.607. The second-order valence-electron chi connectivity index (χ2n) is 7.80. The monoisotopic (exact) mass is 423 g/mol. The predicted molar refractivity (Wildman–Crippen MR) is 118 cm³/mol. The average molecular weight is 424 g/mol. The molecule has 31 heavy (non-hydrogen) atoms. The largest absolute Gasteiger partial charge is 0.497 e. The molecule has 0 aliphatic carbocycles. The van der Waals surface area contributed by atoms with Crippen molar-refractivity contribution in [1.82, 2.24) is 15.5 Å². The van der Waals surface area contributed by atoms with E-state index in [0.29, 0.717) is 17.7 Å². The number of rotatable bonds is 9. The molecule has 1 fully saturated rings. The summed E-state index contributed by atoms with van der Waals surface area (Å²) in [6.07, 6.45) is 1.97. The normalized spacial score (nSPS) is 19.1. The van der Waals surface area contributed by atoms with Gasteiger partial charge in [0.05, 0.1) is 7.11 Å². The lowest BCUT2D eigenvalue weighted by Crippen LogP contribution is -2.46. The van der Waals surface area contributed by atoms with Crippen LogP contribution >= 0.6 is 0 Å². The number of amides is 4. The number of benzene rings is 2. The SMILES string of the molecule is CC[C@@]1(c2ccc(OC)cc2)NC(=O)N(CC(=O)N[C@@H](C)CCc2ccccc2)C1=O. The number of nitrogens with one attached hydrogen (secondary N) is 2. The van der Waals surface area contributed by atoms with Crippen molar-refractivity contribution >= 4 is 17.8 Å². The Hall–Kier alpha value is -3.35. The molecule has 0 aromatic heterocycles. The van der Waals surface area contributed by atoms with E-state index in [1.165, 1.54) is 5.56 Å². The Morgan fingerprint density at radius 3 is 2.42 bits per heavy atom. The molecule has 3 rings (SSSR count). The summed E-state index contributed by atoms with van der Waals surface area (Å²) in [6, 6.07) is 16.4. The van der Waals surface area contributed by atoms with Crippen LogP contribution in [0, 0.1) is 0 Å². The fraction of sp³-hybridized carbons (Fsp3) is 0.375. The van der Waals surface area contributed by atoms with E-state index >= 15 is 0 Å². The number of hydrogen-bond donors (Lipinski definition) is 2. The standard InChI is InChI=1S/C24H29N3O4/c1-4-24(19-12-14-20(31-3)15-13-19)22(29)27(23(30)26-24)16-21(28)25-17(2)10-11-18-8-6-5-7-9-18/h5-9,12-15,17H,4,10-11,16H2,1-3H3,(H,25,28)(H,26,30)/t17-,24-/m0/s1. The third-order valence-corrected chi connectivity index (χ3v) is 5.71. The minimum absolute atomic E-state index is 0.0778. The zero-order chi connectivity index (χ0) is 22.4. The summed E-state index contributed by atoms with van der Waals surface area (Å²) in [5.41, 5.74) is 0.681. The van der Waals surface area contributed by atoms with Gasteiger partial charge in [-0.1, -0.05) is 49.4 Å². The van der Waals surface area contributed by atoms with Crippen molar-refractivity contribution in [1.29, 1.82) is 0 Å². The van der Waals surface area contributed by atoms with Gasteiger partial charge in [-0.05, 0) is 49.4 Å². The lowest BCUT2D eigenvalue weighted by atomic mass is 9.87. The van der Waals surface area contributed by atoms with Gasteiger partial charge >= 0.3 is 6.03 Å². The number of urea groups is 1. The lowest BCUT2D eigenvalue weighted by Gasteiger charge is -2.26. The maximum absolute atomic E-state index is 13.2. The fourth-order valence-corrected chi connectivity index (χ4v) is 3.85. The lowest BCUT2D eigenvalue weighted by molar-refractivity contribution is -0.135. The molecular formula is C24H29N3O4. The van der Waals surface area contributed by atoms with Crippen LogP contribution in [0.3, 0.4) is 0 Å². The van der Waals surface area contributed by atoms with Crippen molar-refractivity contribution in [2.24, 2.45) is 0 Å². The van der Waals surface area contributed by atoms with Gasteiger partial charge < -0.3 is 15.4 Å². The Morgan fingerprint density at radius 2 is 1.81 bits per heavy atom. The number of nitrogens with zero attached hydrogens (tertiary/aromatic N) is 1. The highest BCUT2D eigenvalue weighted by molar-refractivity contribution is 6.09. The van der Waals surface area contributed by atoms with Crippen LogP contribution in [0.4, 0.5) is 4.79 Å². The van der Waals surface area contributed by atoms with Gasteiger partial charge in [0.15, 0.2) is 0 Å². The molecular weight excluding hydrogens is 394 g/mol. The predicted octanol–water partition coefficient (Wildman–Crippen LogP) is 2.99. The second kappa shape index (κ2) is 9.64. The molecule has 7 nitrogen and oxygen atoms in total. The van der Waals surface area contributed by atoms with Crippen molar-refractivity contribution in [2.75, 3.05) is 13.7 Å². The van der Waals surface area contributed by atoms with Crippen LogP contribution in [0.5, 0.6) is 5.75 Å². The molecule has 0 unspecified atom stereocenters. The topological polar surface area (TPSA) is 87.7 Å². The number of ether oxygens (including phenoxy) is 1. The minimum Gasteiger partial charge on any atom is -0.497 e. The third-order valence-electron chi connectivity index (χ3n) is 5.71. The zero-order valence-electron chi connectivity index (χ0n) is 18.2. The molecule has 2 aromatic carbocycles. The van der Waals surface area contributed by atoms with E-state index < -0.39 is 17.5 Å². The Balaban J connectivity index is 1.62. The van der Waals surface area contributed by atoms with Crippen molar-refractivity contribution < 1.29 is 19.1 Å². The van der Waals surface area contributed by atoms with Gasteiger partial charge in [0.1, 0.15) is 17.8 Å². The Labute approximate surface area is 182 Å². The first-order chi connectivity index (χ1) is 14.9. The molecule has 1 heterocycles. The van der Waals surface area contributed by atoms with Gasteiger partial charge in [0, 0.05) is 6.04 Å². The number of aryl methyl sites for hydroxylation is 1. The van der Waals surface area contributed by atoms with Gasteiger partial charge in [-0.3, -0.25) is 14.5 Å². The Morgan fingerprint density at radius 1 is 1.13 bits per heavy atom. The highest BCUT2D eigenvalue weighted by Crippen LogP contribution is 2.33. The van der Waals surface area contributed by atoms with Crippen molar-refractivity contribution in [3.63, 3.8) is 0 Å². The molecule has 0 radical (unpaired) electrons. The molecule has 1 saturated heterocycles. The molecule has 0 saturated carbocycles. The molecule has 2 atom stereocenters. The van der Waals surface area contributed by atoms with E-state index in [-0.39, 0.29) is 18.5 Å². The summed E-state index contributed by atoms with van der Waals surface area (Å²) in [4.78, 5) is 39.3. The molecule has 1 aliphatic heterocycles. The maximum atomic E-state index is 13.2. The highest BCUT2D eigenvalue weighted by atomic mass is 16.5.